The Morgan fingerprint density at radius 3 is 2.58 bits per heavy atom. The molecular weight excluding hydrogens is 455 g/mol. The van der Waals surface area contributed by atoms with Crippen LogP contribution in [0.15, 0.2) is 70.5 Å². The van der Waals surface area contributed by atoms with E-state index in [1.165, 1.54) is 17.9 Å². The molecule has 0 fully saturated rings. The molecule has 0 aliphatic rings. The largest absolute Gasteiger partial charge is 0.480 e. The topological polar surface area (TPSA) is 95.1 Å². The highest BCUT2D eigenvalue weighted by atomic mass is 32.2. The number of para-hydroxylation sites is 1. The Labute approximate surface area is 190 Å². The summed E-state index contributed by atoms with van der Waals surface area (Å²) in [6.45, 7) is -1.17. The molecule has 4 aromatic rings. The smallest absolute Gasteiger partial charge is 0.402 e. The Hall–Kier alpha value is -3.57. The summed E-state index contributed by atoms with van der Waals surface area (Å²) in [7, 11) is 1.38. The van der Waals surface area contributed by atoms with Gasteiger partial charge in [-0.3, -0.25) is 9.52 Å². The standard InChI is InChI=1S/C22H18F3N5O2S/c1-32-19-18(33-28-12-22(23,24)25)10-14(11-27-19)13-7-8-17-16(9-13)20(31)30(21(26)29-17)15-5-3-2-4-6-15/h2-11,28H,12H2,1H3,(H2,26,29). The minimum Gasteiger partial charge on any atom is -0.480 e. The van der Waals surface area contributed by atoms with Crippen molar-refractivity contribution in [2.45, 2.75) is 11.1 Å². The molecule has 0 atom stereocenters. The van der Waals surface area contributed by atoms with E-state index in [1.807, 2.05) is 6.07 Å². The van der Waals surface area contributed by atoms with Crippen LogP contribution in [-0.4, -0.2) is 34.4 Å². The number of aromatic nitrogens is 3. The number of ether oxygens (including phenoxy) is 1. The molecule has 0 amide bonds. The van der Waals surface area contributed by atoms with Crippen molar-refractivity contribution in [2.75, 3.05) is 19.4 Å². The molecule has 0 saturated carbocycles. The lowest BCUT2D eigenvalue weighted by Gasteiger charge is -2.13. The van der Waals surface area contributed by atoms with Crippen molar-refractivity contribution in [3.63, 3.8) is 0 Å². The van der Waals surface area contributed by atoms with E-state index in [0.29, 0.717) is 32.6 Å². The van der Waals surface area contributed by atoms with Gasteiger partial charge < -0.3 is 10.5 Å². The molecule has 11 heteroatoms. The first-order valence-electron chi connectivity index (χ1n) is 9.65. The lowest BCUT2D eigenvalue weighted by atomic mass is 10.1. The number of anilines is 1. The minimum atomic E-state index is -4.35. The third kappa shape index (κ3) is 4.94. The predicted octanol–water partition coefficient (Wildman–Crippen LogP) is 4.20. The number of nitrogen functional groups attached to an aromatic ring is 1. The van der Waals surface area contributed by atoms with Crippen LogP contribution in [-0.2, 0) is 0 Å². The number of nitrogens with one attached hydrogen (secondary N) is 1. The van der Waals surface area contributed by atoms with Gasteiger partial charge in [0.1, 0.15) is 6.54 Å². The number of fused-ring (bicyclic) bond motifs is 1. The van der Waals surface area contributed by atoms with Crippen LogP contribution < -0.4 is 20.8 Å². The molecule has 2 aromatic carbocycles. The van der Waals surface area contributed by atoms with E-state index in [2.05, 4.69) is 14.7 Å². The van der Waals surface area contributed by atoms with E-state index < -0.39 is 12.7 Å². The Morgan fingerprint density at radius 2 is 1.88 bits per heavy atom. The lowest BCUT2D eigenvalue weighted by Crippen LogP contribution is -2.23. The molecule has 0 bridgehead atoms. The van der Waals surface area contributed by atoms with Gasteiger partial charge in [0.2, 0.25) is 11.8 Å². The molecule has 0 aliphatic heterocycles. The number of alkyl halides is 3. The number of hydrogen-bond donors (Lipinski definition) is 2. The third-order valence-corrected chi connectivity index (χ3v) is 5.51. The van der Waals surface area contributed by atoms with E-state index in [0.717, 1.165) is 11.9 Å². The van der Waals surface area contributed by atoms with E-state index in [-0.39, 0.29) is 17.4 Å². The maximum Gasteiger partial charge on any atom is 0.402 e. The van der Waals surface area contributed by atoms with Gasteiger partial charge in [-0.2, -0.15) is 13.2 Å². The molecule has 3 N–H and O–H groups in total. The molecular formula is C22H18F3N5O2S. The fraction of sp³-hybridized carbons (Fsp3) is 0.136. The molecule has 0 saturated heterocycles. The van der Waals surface area contributed by atoms with Crippen LogP contribution in [0.25, 0.3) is 27.7 Å². The summed E-state index contributed by atoms with van der Waals surface area (Å²) in [6, 6.07) is 15.6. The van der Waals surface area contributed by atoms with Gasteiger partial charge in [0.25, 0.3) is 5.56 Å². The number of hydrogen-bond acceptors (Lipinski definition) is 7. The van der Waals surface area contributed by atoms with Gasteiger partial charge in [0.15, 0.2) is 0 Å². The molecule has 7 nitrogen and oxygen atoms in total. The van der Waals surface area contributed by atoms with Gasteiger partial charge in [-0.05, 0) is 47.8 Å². The van der Waals surface area contributed by atoms with Crippen LogP contribution in [0.2, 0.25) is 0 Å². The van der Waals surface area contributed by atoms with Gasteiger partial charge >= 0.3 is 6.18 Å². The SMILES string of the molecule is COc1ncc(-c2ccc3nc(N)n(-c4ccccc4)c(=O)c3c2)cc1SNCC(F)(F)F. The van der Waals surface area contributed by atoms with E-state index in [4.69, 9.17) is 10.5 Å². The molecule has 2 heterocycles. The predicted molar refractivity (Wildman–Crippen MR) is 121 cm³/mol. The highest BCUT2D eigenvalue weighted by Crippen LogP contribution is 2.31. The first kappa shape index (κ1) is 22.6. The zero-order valence-electron chi connectivity index (χ0n) is 17.3. The Kier molecular flexibility index (Phi) is 6.25. The van der Waals surface area contributed by atoms with Crippen molar-refractivity contribution in [1.29, 1.82) is 0 Å². The highest BCUT2D eigenvalue weighted by Gasteiger charge is 2.26. The molecule has 0 spiro atoms. The van der Waals surface area contributed by atoms with Crippen molar-refractivity contribution in [1.82, 2.24) is 19.3 Å². The molecule has 0 aliphatic carbocycles. The van der Waals surface area contributed by atoms with Crippen molar-refractivity contribution in [3.8, 4) is 22.7 Å². The first-order valence-corrected chi connectivity index (χ1v) is 10.5. The number of benzene rings is 2. The van der Waals surface area contributed by atoms with Crippen molar-refractivity contribution < 1.29 is 17.9 Å². The number of nitrogens with two attached hydrogens (primary N) is 1. The van der Waals surface area contributed by atoms with E-state index in [1.54, 1.807) is 48.5 Å². The summed E-state index contributed by atoms with van der Waals surface area (Å²) < 4.78 is 46.2. The molecule has 4 rings (SSSR count). The van der Waals surface area contributed by atoms with Gasteiger partial charge in [0.05, 0.1) is 28.6 Å². The summed E-state index contributed by atoms with van der Waals surface area (Å²) in [5.74, 6) is 0.243. The van der Waals surface area contributed by atoms with Crippen LogP contribution in [0.3, 0.4) is 0 Å². The molecule has 0 unspecified atom stereocenters. The number of halogens is 3. The van der Waals surface area contributed by atoms with E-state index in [9.17, 15) is 18.0 Å². The summed E-state index contributed by atoms with van der Waals surface area (Å²) in [6.07, 6.45) is -2.83. The molecule has 33 heavy (non-hydrogen) atoms. The second-order valence-electron chi connectivity index (χ2n) is 6.95. The number of methoxy groups -OCH3 is 1. The van der Waals surface area contributed by atoms with Crippen molar-refractivity contribution in [3.05, 3.63) is 71.1 Å². The maximum absolute atomic E-state index is 13.2. The van der Waals surface area contributed by atoms with Crippen LogP contribution >= 0.6 is 11.9 Å². The summed E-state index contributed by atoms with van der Waals surface area (Å²) in [4.78, 5) is 22.1. The van der Waals surface area contributed by atoms with Crippen LogP contribution in [0.1, 0.15) is 0 Å². The second-order valence-corrected chi connectivity index (χ2v) is 7.88. The lowest BCUT2D eigenvalue weighted by molar-refractivity contribution is -0.120. The average molecular weight is 473 g/mol. The van der Waals surface area contributed by atoms with Crippen LogP contribution in [0, 0.1) is 0 Å². The average Bonchev–Trinajstić information content (AvgIpc) is 2.79. The Morgan fingerprint density at radius 1 is 1.12 bits per heavy atom. The number of nitrogens with zero attached hydrogens (tertiary/aromatic N) is 3. The van der Waals surface area contributed by atoms with Crippen molar-refractivity contribution >= 4 is 28.8 Å². The van der Waals surface area contributed by atoms with Gasteiger partial charge in [-0.15, -0.1) is 0 Å². The molecule has 170 valence electrons. The maximum atomic E-state index is 13.2. The van der Waals surface area contributed by atoms with Crippen molar-refractivity contribution in [2.24, 2.45) is 0 Å². The van der Waals surface area contributed by atoms with Gasteiger partial charge in [-0.25, -0.2) is 14.5 Å². The summed E-state index contributed by atoms with van der Waals surface area (Å²) >= 11 is 0.764. The fourth-order valence-electron chi connectivity index (χ4n) is 3.22. The first-order chi connectivity index (χ1) is 15.8. The van der Waals surface area contributed by atoms with Crippen LogP contribution in [0.5, 0.6) is 5.88 Å². The quantitative estimate of drug-likeness (QED) is 0.405. The molecule has 0 radical (unpaired) electrons. The Balaban J connectivity index is 1.75. The zero-order chi connectivity index (χ0) is 23.6. The zero-order valence-corrected chi connectivity index (χ0v) is 18.1. The molecule has 2 aromatic heterocycles. The number of pyridine rings is 1. The van der Waals surface area contributed by atoms with Gasteiger partial charge in [0, 0.05) is 11.8 Å². The van der Waals surface area contributed by atoms with E-state index >= 15 is 0 Å². The van der Waals surface area contributed by atoms with Gasteiger partial charge in [-0.1, -0.05) is 24.3 Å². The highest BCUT2D eigenvalue weighted by molar-refractivity contribution is 7.97. The third-order valence-electron chi connectivity index (χ3n) is 4.71. The number of rotatable bonds is 6. The van der Waals surface area contributed by atoms with Crippen LogP contribution in [0.4, 0.5) is 19.1 Å². The summed E-state index contributed by atoms with van der Waals surface area (Å²) in [5, 5.41) is 0.339. The second kappa shape index (κ2) is 9.12. The fourth-order valence-corrected chi connectivity index (χ4v) is 4.02. The Bertz CT molecular complexity index is 1360. The normalized spacial score (nSPS) is 11.6. The monoisotopic (exact) mass is 473 g/mol. The summed E-state index contributed by atoms with van der Waals surface area (Å²) in [5.41, 5.74) is 7.94. The minimum absolute atomic E-state index is 0.0620.